The van der Waals surface area contributed by atoms with Crippen LogP contribution >= 0.6 is 12.6 Å². The van der Waals surface area contributed by atoms with Crippen molar-refractivity contribution >= 4 is 29.3 Å². The second kappa shape index (κ2) is 8.65. The third-order valence-corrected chi connectivity index (χ3v) is 5.10. The van der Waals surface area contributed by atoms with Gasteiger partial charge < -0.3 is 10.7 Å². The van der Waals surface area contributed by atoms with Crippen LogP contribution < -0.4 is 5.73 Å². The van der Waals surface area contributed by atoms with E-state index in [0.29, 0.717) is 11.5 Å². The van der Waals surface area contributed by atoms with E-state index in [1.54, 1.807) is 16.8 Å². The first-order chi connectivity index (χ1) is 14.9. The summed E-state index contributed by atoms with van der Waals surface area (Å²) >= 11 is 4.08. The molecule has 2 aromatic heterocycles. The van der Waals surface area contributed by atoms with E-state index in [-0.39, 0.29) is 5.56 Å². The van der Waals surface area contributed by atoms with E-state index in [4.69, 9.17) is 5.73 Å². The molecule has 0 aliphatic rings. The number of rotatable bonds is 2. The standard InChI is InChI=1S/C18H14F2N4.C6H6S/c1-24-16(9-17(21)23-24)10-5-6-14-11(7-10)8-15(22-14)18-12(19)3-2-4-13(18)20;7-6-4-2-1-3-5-6/h2-9,22H,1H3,(H2,21,23);1-5,7H. The minimum Gasteiger partial charge on any atom is -0.382 e. The van der Waals surface area contributed by atoms with Crippen molar-refractivity contribution in [2.45, 2.75) is 4.90 Å². The number of aromatic amines is 1. The third kappa shape index (κ3) is 4.46. The van der Waals surface area contributed by atoms with E-state index >= 15 is 0 Å². The number of H-pyrrole nitrogens is 1. The lowest BCUT2D eigenvalue weighted by molar-refractivity contribution is 0.589. The van der Waals surface area contributed by atoms with Gasteiger partial charge in [0.15, 0.2) is 0 Å². The molecule has 3 N–H and O–H groups in total. The Morgan fingerprint density at radius 1 is 0.903 bits per heavy atom. The van der Waals surface area contributed by atoms with Gasteiger partial charge in [-0.05, 0) is 42.5 Å². The summed E-state index contributed by atoms with van der Waals surface area (Å²) in [6, 6.07) is 22.9. The molecule has 0 saturated carbocycles. The van der Waals surface area contributed by atoms with Crippen molar-refractivity contribution in [1.29, 1.82) is 0 Å². The van der Waals surface area contributed by atoms with E-state index in [0.717, 1.165) is 27.1 Å². The van der Waals surface area contributed by atoms with Crippen LogP contribution in [-0.4, -0.2) is 14.8 Å². The van der Waals surface area contributed by atoms with Crippen LogP contribution in [0.5, 0.6) is 0 Å². The van der Waals surface area contributed by atoms with Crippen LogP contribution in [0.15, 0.2) is 83.8 Å². The molecule has 0 amide bonds. The first-order valence-electron chi connectivity index (χ1n) is 9.53. The van der Waals surface area contributed by atoms with Crippen LogP contribution in [-0.2, 0) is 7.05 Å². The van der Waals surface area contributed by atoms with Gasteiger partial charge in [0.1, 0.15) is 17.5 Å². The SMILES string of the molecule is Cn1nc(N)cc1-c1ccc2[nH]c(-c3c(F)cccc3F)cc2c1.Sc1ccccc1. The highest BCUT2D eigenvalue weighted by atomic mass is 32.1. The number of anilines is 1. The van der Waals surface area contributed by atoms with Gasteiger partial charge in [0.05, 0.1) is 17.0 Å². The van der Waals surface area contributed by atoms with E-state index in [9.17, 15) is 8.78 Å². The largest absolute Gasteiger partial charge is 0.382 e. The number of benzene rings is 3. The molecule has 2 heterocycles. The van der Waals surface area contributed by atoms with E-state index < -0.39 is 11.6 Å². The number of thiol groups is 1. The van der Waals surface area contributed by atoms with Crippen LogP contribution in [0.25, 0.3) is 33.4 Å². The Labute approximate surface area is 183 Å². The average Bonchev–Trinajstić information content (AvgIpc) is 3.30. The zero-order chi connectivity index (χ0) is 22.0. The Kier molecular flexibility index (Phi) is 5.77. The first-order valence-corrected chi connectivity index (χ1v) is 9.98. The molecule has 0 unspecified atom stereocenters. The summed E-state index contributed by atoms with van der Waals surface area (Å²) in [5.74, 6) is -0.752. The van der Waals surface area contributed by atoms with Gasteiger partial charge in [-0.1, -0.05) is 30.3 Å². The minimum absolute atomic E-state index is 0.0555. The Morgan fingerprint density at radius 2 is 1.61 bits per heavy atom. The number of nitrogen functional groups attached to an aromatic ring is 1. The van der Waals surface area contributed by atoms with Crippen molar-refractivity contribution in [2.75, 3.05) is 5.73 Å². The van der Waals surface area contributed by atoms with Gasteiger partial charge in [-0.3, -0.25) is 4.68 Å². The molecule has 31 heavy (non-hydrogen) atoms. The quantitative estimate of drug-likeness (QED) is 0.295. The van der Waals surface area contributed by atoms with Crippen molar-refractivity contribution < 1.29 is 8.78 Å². The highest BCUT2D eigenvalue weighted by Gasteiger charge is 2.14. The summed E-state index contributed by atoms with van der Waals surface area (Å²) in [6.07, 6.45) is 0. The molecule has 3 aromatic carbocycles. The molecular formula is C24H20F2N4S. The summed E-state index contributed by atoms with van der Waals surface area (Å²) in [4.78, 5) is 4.08. The van der Waals surface area contributed by atoms with Crippen LogP contribution in [0.1, 0.15) is 0 Å². The molecule has 5 aromatic rings. The molecule has 7 heteroatoms. The second-order valence-corrected chi connectivity index (χ2v) is 7.51. The zero-order valence-electron chi connectivity index (χ0n) is 16.7. The number of aryl methyl sites for hydroxylation is 1. The van der Waals surface area contributed by atoms with Crippen LogP contribution in [0.3, 0.4) is 0 Å². The molecule has 0 bridgehead atoms. The van der Waals surface area contributed by atoms with Gasteiger partial charge >= 0.3 is 0 Å². The predicted molar refractivity (Wildman–Crippen MR) is 124 cm³/mol. The number of nitrogens with zero attached hydrogens (tertiary/aromatic N) is 2. The lowest BCUT2D eigenvalue weighted by atomic mass is 10.1. The number of aromatic nitrogens is 3. The van der Waals surface area contributed by atoms with Crippen molar-refractivity contribution in [1.82, 2.24) is 14.8 Å². The molecular weight excluding hydrogens is 414 g/mol. The Hall–Kier alpha value is -3.58. The van der Waals surface area contributed by atoms with Gasteiger partial charge in [-0.25, -0.2) is 8.78 Å². The fourth-order valence-corrected chi connectivity index (χ4v) is 3.54. The lowest BCUT2D eigenvalue weighted by Gasteiger charge is -2.01. The Balaban J connectivity index is 0.000000282. The molecule has 0 aliphatic heterocycles. The molecule has 156 valence electrons. The van der Waals surface area contributed by atoms with Crippen molar-refractivity contribution in [3.05, 3.63) is 90.5 Å². The third-order valence-electron chi connectivity index (χ3n) is 4.80. The summed E-state index contributed by atoms with van der Waals surface area (Å²) in [7, 11) is 1.81. The van der Waals surface area contributed by atoms with Crippen molar-refractivity contribution in [3.63, 3.8) is 0 Å². The summed E-state index contributed by atoms with van der Waals surface area (Å²) < 4.78 is 29.7. The normalized spacial score (nSPS) is 10.7. The monoisotopic (exact) mass is 434 g/mol. The van der Waals surface area contributed by atoms with Gasteiger partial charge in [-0.2, -0.15) is 5.10 Å². The van der Waals surface area contributed by atoms with Gasteiger partial charge in [0.25, 0.3) is 0 Å². The molecule has 0 aliphatic carbocycles. The smallest absolute Gasteiger partial charge is 0.146 e. The number of hydrogen-bond acceptors (Lipinski definition) is 3. The number of nitrogens with one attached hydrogen (secondary N) is 1. The van der Waals surface area contributed by atoms with Crippen LogP contribution in [0, 0.1) is 11.6 Å². The summed E-state index contributed by atoms with van der Waals surface area (Å²) in [6.45, 7) is 0. The molecule has 4 nitrogen and oxygen atoms in total. The maximum absolute atomic E-state index is 14.0. The Morgan fingerprint density at radius 3 is 2.19 bits per heavy atom. The van der Waals surface area contributed by atoms with Crippen LogP contribution in [0.4, 0.5) is 14.6 Å². The molecule has 0 atom stereocenters. The maximum atomic E-state index is 14.0. The summed E-state index contributed by atoms with van der Waals surface area (Å²) in [5, 5.41) is 4.98. The first kappa shape index (κ1) is 20.7. The molecule has 5 rings (SSSR count). The average molecular weight is 435 g/mol. The van der Waals surface area contributed by atoms with Gasteiger partial charge in [0.2, 0.25) is 0 Å². The molecule has 0 radical (unpaired) electrons. The zero-order valence-corrected chi connectivity index (χ0v) is 17.6. The fraction of sp³-hybridized carbons (Fsp3) is 0.0417. The topological polar surface area (TPSA) is 59.6 Å². The number of fused-ring (bicyclic) bond motifs is 1. The summed E-state index contributed by atoms with van der Waals surface area (Å²) in [5.41, 5.74) is 8.66. The minimum atomic E-state index is -0.596. The van der Waals surface area contributed by atoms with Crippen LogP contribution in [0.2, 0.25) is 0 Å². The van der Waals surface area contributed by atoms with Crippen molar-refractivity contribution in [3.8, 4) is 22.5 Å². The van der Waals surface area contributed by atoms with E-state index in [1.807, 2.05) is 55.6 Å². The van der Waals surface area contributed by atoms with Gasteiger partial charge in [0, 0.05) is 34.5 Å². The Bertz CT molecular complexity index is 1320. The van der Waals surface area contributed by atoms with E-state index in [2.05, 4.69) is 22.7 Å². The molecule has 0 saturated heterocycles. The number of nitrogens with two attached hydrogens (primary N) is 1. The molecule has 0 spiro atoms. The van der Waals surface area contributed by atoms with Gasteiger partial charge in [-0.15, -0.1) is 12.6 Å². The second-order valence-electron chi connectivity index (χ2n) is 7.00. The fourth-order valence-electron chi connectivity index (χ4n) is 3.37. The predicted octanol–water partition coefficient (Wildman–Crippen LogP) is 6.07. The highest BCUT2D eigenvalue weighted by Crippen LogP contribution is 2.31. The number of hydrogen-bond donors (Lipinski definition) is 3. The molecule has 0 fully saturated rings. The van der Waals surface area contributed by atoms with E-state index in [1.165, 1.54) is 18.2 Å². The van der Waals surface area contributed by atoms with Crippen molar-refractivity contribution in [2.24, 2.45) is 7.05 Å². The number of halogens is 2. The highest BCUT2D eigenvalue weighted by molar-refractivity contribution is 7.80. The maximum Gasteiger partial charge on any atom is 0.146 e. The lowest BCUT2D eigenvalue weighted by Crippen LogP contribution is -1.94.